The Hall–Kier alpha value is -3.89. The molecule has 0 aliphatic carbocycles. The summed E-state index contributed by atoms with van der Waals surface area (Å²) in [4.78, 5) is 38.2. The fourth-order valence-corrected chi connectivity index (χ4v) is 6.43. The number of hydrogen-bond donors (Lipinski definition) is 2. The maximum atomic E-state index is 14.2. The highest BCUT2D eigenvalue weighted by molar-refractivity contribution is 7.93. The number of nitrogens with zero attached hydrogens (tertiary/aromatic N) is 1. The number of carboxylic acid groups (broad SMARTS) is 1. The van der Waals surface area contributed by atoms with Crippen LogP contribution in [0.1, 0.15) is 66.5 Å². The fraction of sp³-hybridized carbons (Fsp3) is 0.276. The molecule has 0 radical (unpaired) electrons. The van der Waals surface area contributed by atoms with Crippen molar-refractivity contribution in [2.45, 2.75) is 50.5 Å². The molecule has 1 atom stereocenters. The number of anilines is 1. The van der Waals surface area contributed by atoms with E-state index in [0.29, 0.717) is 16.7 Å². The number of carbonyl (C=O) groups excluding carboxylic acids is 2. The summed E-state index contributed by atoms with van der Waals surface area (Å²) >= 11 is 6.49. The first kappa shape index (κ1) is 29.1. The zero-order chi connectivity index (χ0) is 29.6. The highest BCUT2D eigenvalue weighted by atomic mass is 35.5. The third-order valence-corrected chi connectivity index (χ3v) is 8.58. The number of carbonyl (C=O) groups is 3. The van der Waals surface area contributed by atoms with Crippen LogP contribution in [0.2, 0.25) is 5.02 Å². The Bertz CT molecular complexity index is 1630. The normalized spacial score (nSPS) is 16.9. The summed E-state index contributed by atoms with van der Waals surface area (Å²) in [6, 6.07) is 13.8. The average Bonchev–Trinajstić information content (AvgIpc) is 3.10. The second kappa shape index (κ2) is 10.3. The van der Waals surface area contributed by atoms with E-state index in [0.717, 1.165) is 0 Å². The van der Waals surface area contributed by atoms with E-state index in [1.807, 2.05) is 20.8 Å². The first-order valence-electron chi connectivity index (χ1n) is 12.4. The fourth-order valence-electron chi connectivity index (χ4n) is 4.61. The number of aromatic carboxylic acids is 1. The lowest BCUT2D eigenvalue weighted by Gasteiger charge is -2.26. The van der Waals surface area contributed by atoms with Crippen molar-refractivity contribution in [1.29, 1.82) is 0 Å². The molecule has 0 saturated carbocycles. The minimum atomic E-state index is -4.47. The second-order valence-electron chi connectivity index (χ2n) is 10.5. The summed E-state index contributed by atoms with van der Waals surface area (Å²) < 4.78 is 34.2. The van der Waals surface area contributed by atoms with Crippen molar-refractivity contribution in [3.8, 4) is 5.75 Å². The van der Waals surface area contributed by atoms with Crippen molar-refractivity contribution < 1.29 is 32.6 Å². The molecule has 0 bridgehead atoms. The van der Waals surface area contributed by atoms with Crippen LogP contribution in [0, 0.1) is 0 Å². The number of halogens is 1. The largest absolute Gasteiger partial charge is 0.494 e. The molecule has 1 heterocycles. The number of fused-ring (bicyclic) bond motifs is 1. The Morgan fingerprint density at radius 2 is 1.62 bits per heavy atom. The van der Waals surface area contributed by atoms with Crippen molar-refractivity contribution in [3.05, 3.63) is 87.9 Å². The minimum absolute atomic E-state index is 0.0855. The molecule has 3 aromatic carbocycles. The second-order valence-corrected chi connectivity index (χ2v) is 12.7. The predicted molar refractivity (Wildman–Crippen MR) is 151 cm³/mol. The SMILES string of the molecule is CCOc1ccc2c(c1)C(C)(c1cc(C(=O)O)ccc1Cl)C(=O)N2S(=O)(=O)c1ccc(C(=O)NC(C)(C)C)cc1. The van der Waals surface area contributed by atoms with Gasteiger partial charge < -0.3 is 15.2 Å². The van der Waals surface area contributed by atoms with Crippen LogP contribution < -0.4 is 14.4 Å². The Kier molecular flexibility index (Phi) is 7.46. The van der Waals surface area contributed by atoms with Crippen LogP contribution in [0.3, 0.4) is 0 Å². The van der Waals surface area contributed by atoms with E-state index in [9.17, 15) is 27.9 Å². The molecule has 210 valence electrons. The van der Waals surface area contributed by atoms with Crippen LogP contribution in [-0.2, 0) is 20.2 Å². The van der Waals surface area contributed by atoms with Gasteiger partial charge in [0.2, 0.25) is 0 Å². The maximum Gasteiger partial charge on any atom is 0.335 e. The standard InChI is InChI=1S/C29H29ClN2O7S/c1-6-39-19-10-14-24-22(16-19)29(5,21-15-18(26(34)35)9-13-23(21)30)27(36)32(24)40(37,38)20-11-7-17(8-12-20)25(33)31-28(2,3)4/h7-16H,6H2,1-5H3,(H,31,33)(H,34,35). The summed E-state index contributed by atoms with van der Waals surface area (Å²) in [5, 5.41) is 12.5. The number of sulfonamides is 1. The molecule has 0 saturated heterocycles. The van der Waals surface area contributed by atoms with Crippen LogP contribution in [0.15, 0.2) is 65.6 Å². The van der Waals surface area contributed by atoms with Gasteiger partial charge in [0.25, 0.3) is 21.8 Å². The van der Waals surface area contributed by atoms with Gasteiger partial charge in [0.1, 0.15) is 11.2 Å². The smallest absolute Gasteiger partial charge is 0.335 e. The van der Waals surface area contributed by atoms with Crippen molar-refractivity contribution in [2.24, 2.45) is 0 Å². The van der Waals surface area contributed by atoms with Gasteiger partial charge in [-0.1, -0.05) is 11.6 Å². The van der Waals surface area contributed by atoms with Gasteiger partial charge in [-0.15, -0.1) is 0 Å². The van der Waals surface area contributed by atoms with Crippen LogP contribution in [-0.4, -0.2) is 43.5 Å². The van der Waals surface area contributed by atoms with Crippen LogP contribution >= 0.6 is 11.6 Å². The Labute approximate surface area is 237 Å². The van der Waals surface area contributed by atoms with Gasteiger partial charge in [0.05, 0.1) is 22.8 Å². The third-order valence-electron chi connectivity index (χ3n) is 6.54. The number of rotatable bonds is 7. The highest BCUT2D eigenvalue weighted by Crippen LogP contribution is 2.51. The first-order valence-corrected chi connectivity index (χ1v) is 14.3. The molecule has 1 unspecified atom stereocenters. The summed E-state index contributed by atoms with van der Waals surface area (Å²) in [6.45, 7) is 9.10. The van der Waals surface area contributed by atoms with Gasteiger partial charge in [-0.05, 0) is 101 Å². The van der Waals surface area contributed by atoms with E-state index < -0.39 is 32.9 Å². The van der Waals surface area contributed by atoms with Crippen LogP contribution in [0.4, 0.5) is 5.69 Å². The first-order chi connectivity index (χ1) is 18.6. The lowest BCUT2D eigenvalue weighted by molar-refractivity contribution is -0.120. The van der Waals surface area contributed by atoms with E-state index in [4.69, 9.17) is 16.3 Å². The monoisotopic (exact) mass is 584 g/mol. The Balaban J connectivity index is 1.87. The van der Waals surface area contributed by atoms with Crippen molar-refractivity contribution >= 4 is 45.1 Å². The van der Waals surface area contributed by atoms with Crippen molar-refractivity contribution in [2.75, 3.05) is 10.9 Å². The van der Waals surface area contributed by atoms with E-state index in [1.54, 1.807) is 19.1 Å². The molecule has 2 amide bonds. The van der Waals surface area contributed by atoms with E-state index >= 15 is 0 Å². The molecule has 11 heteroatoms. The third kappa shape index (κ3) is 5.04. The van der Waals surface area contributed by atoms with Crippen molar-refractivity contribution in [1.82, 2.24) is 5.32 Å². The van der Waals surface area contributed by atoms with Crippen molar-refractivity contribution in [3.63, 3.8) is 0 Å². The zero-order valence-electron chi connectivity index (χ0n) is 22.6. The van der Waals surface area contributed by atoms with E-state index in [2.05, 4.69) is 5.32 Å². The summed E-state index contributed by atoms with van der Waals surface area (Å²) in [6.07, 6.45) is 0. The topological polar surface area (TPSA) is 130 Å². The molecule has 0 aromatic heterocycles. The van der Waals surface area contributed by atoms with Gasteiger partial charge >= 0.3 is 5.97 Å². The summed E-state index contributed by atoms with van der Waals surface area (Å²) in [5.74, 6) is -2.03. The van der Waals surface area contributed by atoms with E-state index in [1.165, 1.54) is 55.5 Å². The van der Waals surface area contributed by atoms with Crippen LogP contribution in [0.25, 0.3) is 0 Å². The average molecular weight is 585 g/mol. The number of ether oxygens (including phenoxy) is 1. The van der Waals surface area contributed by atoms with Gasteiger partial charge in [-0.3, -0.25) is 9.59 Å². The lowest BCUT2D eigenvalue weighted by atomic mass is 9.76. The Morgan fingerprint density at radius 1 is 1.00 bits per heavy atom. The molecule has 9 nitrogen and oxygen atoms in total. The predicted octanol–water partition coefficient (Wildman–Crippen LogP) is 5.01. The molecule has 0 spiro atoms. The summed E-state index contributed by atoms with van der Waals surface area (Å²) in [7, 11) is -4.47. The molecule has 3 aromatic rings. The van der Waals surface area contributed by atoms with Gasteiger partial charge in [-0.25, -0.2) is 17.5 Å². The van der Waals surface area contributed by atoms with Gasteiger partial charge in [0, 0.05) is 21.7 Å². The molecular formula is C29H29ClN2O7S. The highest BCUT2D eigenvalue weighted by Gasteiger charge is 2.54. The summed E-state index contributed by atoms with van der Waals surface area (Å²) in [5.41, 5.74) is -1.49. The number of amides is 2. The molecule has 2 N–H and O–H groups in total. The lowest BCUT2D eigenvalue weighted by Crippen LogP contribution is -2.42. The number of nitrogens with one attached hydrogen (secondary N) is 1. The minimum Gasteiger partial charge on any atom is -0.494 e. The van der Waals surface area contributed by atoms with Crippen LogP contribution in [0.5, 0.6) is 5.75 Å². The number of hydrogen-bond acceptors (Lipinski definition) is 6. The number of carboxylic acids is 1. The van der Waals surface area contributed by atoms with Gasteiger partial charge in [-0.2, -0.15) is 0 Å². The van der Waals surface area contributed by atoms with Gasteiger partial charge in [0.15, 0.2) is 0 Å². The molecule has 40 heavy (non-hydrogen) atoms. The molecule has 0 fully saturated rings. The molecule has 1 aliphatic heterocycles. The molecular weight excluding hydrogens is 556 g/mol. The van der Waals surface area contributed by atoms with E-state index in [-0.39, 0.29) is 43.8 Å². The Morgan fingerprint density at radius 3 is 2.20 bits per heavy atom. The number of benzene rings is 3. The maximum absolute atomic E-state index is 14.2. The molecule has 1 aliphatic rings. The quantitative estimate of drug-likeness (QED) is 0.399. The molecule has 4 rings (SSSR count). The zero-order valence-corrected chi connectivity index (χ0v) is 24.2.